The van der Waals surface area contributed by atoms with Gasteiger partial charge in [-0.25, -0.2) is 4.98 Å². The number of rotatable bonds is 5. The molecule has 236 valence electrons. The molecular weight excluding hydrogens is 639 g/mol. The molecule has 0 saturated heterocycles. The van der Waals surface area contributed by atoms with Crippen LogP contribution in [0, 0.1) is 0 Å². The Balaban J connectivity index is 0.000000156. The van der Waals surface area contributed by atoms with Crippen LogP contribution in [0.3, 0.4) is 0 Å². The van der Waals surface area contributed by atoms with Gasteiger partial charge in [-0.1, -0.05) is 77.8 Å². The summed E-state index contributed by atoms with van der Waals surface area (Å²) < 4.78 is 0. The van der Waals surface area contributed by atoms with E-state index in [0.29, 0.717) is 27.5 Å². The average molecular weight is 670 g/mol. The Morgan fingerprint density at radius 3 is 1.83 bits per heavy atom. The lowest BCUT2D eigenvalue weighted by Gasteiger charge is -2.10. The number of fused-ring (bicyclic) bond motifs is 1. The Bertz CT molecular complexity index is 2140. The fourth-order valence-corrected chi connectivity index (χ4v) is 4.97. The van der Waals surface area contributed by atoms with E-state index in [4.69, 9.17) is 33.9 Å². The Morgan fingerprint density at radius 1 is 0.625 bits per heavy atom. The van der Waals surface area contributed by atoms with Crippen LogP contribution in [0.4, 0.5) is 5.69 Å². The van der Waals surface area contributed by atoms with Crippen molar-refractivity contribution >= 4 is 51.4 Å². The van der Waals surface area contributed by atoms with Crippen LogP contribution < -0.4 is 5.73 Å². The van der Waals surface area contributed by atoms with Crippen LogP contribution in [0.15, 0.2) is 152 Å². The second-order valence-corrected chi connectivity index (χ2v) is 11.4. The largest absolute Gasteiger partial charge is 0.398 e. The molecule has 0 aliphatic carbocycles. The zero-order chi connectivity index (χ0) is 33.9. The zero-order valence-electron chi connectivity index (χ0n) is 25.9. The van der Waals surface area contributed by atoms with Crippen molar-refractivity contribution in [2.24, 2.45) is 0 Å². The highest BCUT2D eigenvalue weighted by Crippen LogP contribution is 2.32. The number of hydrogen-bond acceptors (Lipinski definition) is 6. The SMILES string of the molecule is CC(=O)c1ccccn1.Clc1ccc(-c2cc(-c3ccccn3)nc3ccccc23)cc1.Nc1ccccc1C(=O)c1ccc(Cl)cc1. The number of anilines is 1. The summed E-state index contributed by atoms with van der Waals surface area (Å²) in [5.41, 5.74) is 12.8. The lowest BCUT2D eigenvalue weighted by molar-refractivity contribution is 0.101. The topological polar surface area (TPSA) is 98.8 Å². The van der Waals surface area contributed by atoms with Gasteiger partial charge in [0.25, 0.3) is 0 Å². The van der Waals surface area contributed by atoms with Gasteiger partial charge in [-0.15, -0.1) is 0 Å². The molecule has 0 radical (unpaired) electrons. The van der Waals surface area contributed by atoms with E-state index in [1.54, 1.807) is 79.1 Å². The Labute approximate surface area is 288 Å². The van der Waals surface area contributed by atoms with Gasteiger partial charge in [0, 0.05) is 51.6 Å². The number of carbonyl (C=O) groups is 2. The van der Waals surface area contributed by atoms with Crippen LogP contribution in [-0.2, 0) is 0 Å². The predicted molar refractivity (Wildman–Crippen MR) is 195 cm³/mol. The lowest BCUT2D eigenvalue weighted by atomic mass is 9.99. The van der Waals surface area contributed by atoms with Gasteiger partial charge < -0.3 is 5.73 Å². The van der Waals surface area contributed by atoms with E-state index in [9.17, 15) is 9.59 Å². The number of Topliss-reactive ketones (excluding diaryl/α,β-unsaturated/α-hetero) is 1. The predicted octanol–water partition coefficient (Wildman–Crippen LogP) is 10.1. The van der Waals surface area contributed by atoms with E-state index < -0.39 is 0 Å². The van der Waals surface area contributed by atoms with Crippen LogP contribution >= 0.6 is 23.2 Å². The Morgan fingerprint density at radius 2 is 1.23 bits per heavy atom. The highest BCUT2D eigenvalue weighted by atomic mass is 35.5. The van der Waals surface area contributed by atoms with Crippen molar-refractivity contribution in [1.82, 2.24) is 15.0 Å². The minimum atomic E-state index is -0.0882. The van der Waals surface area contributed by atoms with Crippen molar-refractivity contribution in [3.05, 3.63) is 179 Å². The first-order valence-electron chi connectivity index (χ1n) is 14.9. The first-order valence-corrected chi connectivity index (χ1v) is 15.7. The molecule has 7 aromatic rings. The number of halogens is 2. The summed E-state index contributed by atoms with van der Waals surface area (Å²) in [4.78, 5) is 35.6. The molecule has 0 fully saturated rings. The number of hydrogen-bond donors (Lipinski definition) is 1. The van der Waals surface area contributed by atoms with Crippen LogP contribution in [0.25, 0.3) is 33.4 Å². The van der Waals surface area contributed by atoms with Gasteiger partial charge in [-0.05, 0) is 96.1 Å². The molecule has 0 spiro atoms. The van der Waals surface area contributed by atoms with Gasteiger partial charge >= 0.3 is 0 Å². The second-order valence-electron chi connectivity index (χ2n) is 10.5. The summed E-state index contributed by atoms with van der Waals surface area (Å²) in [5.74, 6) is -0.0784. The summed E-state index contributed by atoms with van der Waals surface area (Å²) in [6.07, 6.45) is 3.39. The lowest BCUT2D eigenvalue weighted by Crippen LogP contribution is -2.04. The molecule has 0 bridgehead atoms. The molecule has 0 aliphatic heterocycles. The molecule has 0 aliphatic rings. The van der Waals surface area contributed by atoms with Crippen molar-refractivity contribution in [3.63, 3.8) is 0 Å². The zero-order valence-corrected chi connectivity index (χ0v) is 27.4. The van der Waals surface area contributed by atoms with Crippen LogP contribution in [0.5, 0.6) is 0 Å². The fourth-order valence-electron chi connectivity index (χ4n) is 4.72. The molecule has 48 heavy (non-hydrogen) atoms. The van der Waals surface area contributed by atoms with Crippen molar-refractivity contribution < 1.29 is 9.59 Å². The highest BCUT2D eigenvalue weighted by Gasteiger charge is 2.12. The number of carbonyl (C=O) groups excluding carboxylic acids is 2. The molecule has 4 aromatic carbocycles. The van der Waals surface area contributed by atoms with E-state index in [0.717, 1.165) is 38.4 Å². The number of nitrogens with two attached hydrogens (primary N) is 1. The molecule has 7 rings (SSSR count). The van der Waals surface area contributed by atoms with Crippen molar-refractivity contribution in [3.8, 4) is 22.5 Å². The molecule has 6 nitrogen and oxygen atoms in total. The standard InChI is InChI=1S/C20H13ClN2.C13H10ClNO.C7H7NO/c21-15-10-8-14(9-11-15)17-13-20(19-7-3-4-12-22-19)23-18-6-2-1-5-16(17)18;14-10-7-5-9(6-8-10)13(16)11-3-1-2-4-12(11)15;1-6(9)7-4-2-3-5-8-7/h1-13H;1-8H,15H2;2-5H,1H3. The van der Waals surface area contributed by atoms with Gasteiger partial charge in [-0.2, -0.15) is 0 Å². The van der Waals surface area contributed by atoms with Crippen LogP contribution in [0.2, 0.25) is 10.0 Å². The molecular formula is C40H30Cl2N4O2. The minimum Gasteiger partial charge on any atom is -0.398 e. The maximum Gasteiger partial charge on any atom is 0.195 e. The van der Waals surface area contributed by atoms with E-state index in [1.807, 2.05) is 60.7 Å². The van der Waals surface area contributed by atoms with E-state index in [1.165, 1.54) is 6.92 Å². The number of nitrogen functional groups attached to an aromatic ring is 1. The molecule has 0 amide bonds. The molecule has 2 N–H and O–H groups in total. The van der Waals surface area contributed by atoms with Gasteiger partial charge in [0.15, 0.2) is 11.6 Å². The van der Waals surface area contributed by atoms with E-state index in [-0.39, 0.29) is 11.6 Å². The maximum absolute atomic E-state index is 12.1. The van der Waals surface area contributed by atoms with Crippen molar-refractivity contribution in [2.45, 2.75) is 6.92 Å². The highest BCUT2D eigenvalue weighted by molar-refractivity contribution is 6.31. The van der Waals surface area contributed by atoms with E-state index >= 15 is 0 Å². The normalized spacial score (nSPS) is 10.2. The molecule has 0 atom stereocenters. The van der Waals surface area contributed by atoms with Gasteiger partial charge in [0.1, 0.15) is 5.69 Å². The summed E-state index contributed by atoms with van der Waals surface area (Å²) in [6, 6.07) is 43.0. The van der Waals surface area contributed by atoms with Gasteiger partial charge in [0.2, 0.25) is 0 Å². The number of nitrogens with zero attached hydrogens (tertiary/aromatic N) is 3. The molecule has 3 aromatic heterocycles. The molecule has 3 heterocycles. The Hall–Kier alpha value is -5.69. The maximum atomic E-state index is 12.1. The third kappa shape index (κ3) is 8.76. The first kappa shape index (κ1) is 33.7. The minimum absolute atomic E-state index is 0.00981. The number of pyridine rings is 3. The van der Waals surface area contributed by atoms with E-state index in [2.05, 4.69) is 22.1 Å². The van der Waals surface area contributed by atoms with Gasteiger partial charge in [-0.3, -0.25) is 19.6 Å². The fraction of sp³-hybridized carbons (Fsp3) is 0.0250. The number of aromatic nitrogens is 3. The number of ketones is 2. The molecule has 8 heteroatoms. The Kier molecular flexibility index (Phi) is 11.4. The summed E-state index contributed by atoms with van der Waals surface area (Å²) in [5, 5.41) is 2.46. The monoisotopic (exact) mass is 668 g/mol. The number of benzene rings is 4. The van der Waals surface area contributed by atoms with Gasteiger partial charge in [0.05, 0.1) is 16.9 Å². The third-order valence-electron chi connectivity index (χ3n) is 7.14. The summed E-state index contributed by atoms with van der Waals surface area (Å²) in [6.45, 7) is 1.50. The summed E-state index contributed by atoms with van der Waals surface area (Å²) in [7, 11) is 0. The second kappa shape index (κ2) is 16.2. The van der Waals surface area contributed by atoms with Crippen LogP contribution in [-0.4, -0.2) is 26.5 Å². The average Bonchev–Trinajstić information content (AvgIpc) is 3.13. The first-order chi connectivity index (χ1) is 23.3. The molecule has 0 unspecified atom stereocenters. The van der Waals surface area contributed by atoms with Crippen LogP contribution in [0.1, 0.15) is 33.3 Å². The third-order valence-corrected chi connectivity index (χ3v) is 7.64. The summed E-state index contributed by atoms with van der Waals surface area (Å²) >= 11 is 11.8. The molecule has 0 saturated carbocycles. The van der Waals surface area contributed by atoms with Crippen molar-refractivity contribution in [2.75, 3.05) is 5.73 Å². The number of para-hydroxylation sites is 2. The quantitative estimate of drug-likeness (QED) is 0.145. The van der Waals surface area contributed by atoms with Crippen molar-refractivity contribution in [1.29, 1.82) is 0 Å². The smallest absolute Gasteiger partial charge is 0.195 e.